The van der Waals surface area contributed by atoms with Gasteiger partial charge in [-0.1, -0.05) is 41.4 Å². The Kier molecular flexibility index (Phi) is 5.55. The van der Waals surface area contributed by atoms with E-state index >= 15 is 0 Å². The van der Waals surface area contributed by atoms with Gasteiger partial charge in [0.15, 0.2) is 0 Å². The fourth-order valence-electron chi connectivity index (χ4n) is 3.02. The lowest BCUT2D eigenvalue weighted by molar-refractivity contribution is -0.912. The number of ether oxygens (including phenoxy) is 1. The molecular formula is C15H22BrClNO+. The predicted octanol–water partition coefficient (Wildman–Crippen LogP) is 3.04. The van der Waals surface area contributed by atoms with Crippen molar-refractivity contribution in [2.24, 2.45) is 11.8 Å². The second-order valence-corrected chi connectivity index (χ2v) is 7.10. The van der Waals surface area contributed by atoms with Crippen LogP contribution in [0.2, 0.25) is 5.02 Å². The molecule has 106 valence electrons. The van der Waals surface area contributed by atoms with Crippen molar-refractivity contribution in [1.29, 1.82) is 0 Å². The fraction of sp³-hybridized carbons (Fsp3) is 0.600. The van der Waals surface area contributed by atoms with E-state index in [0.717, 1.165) is 35.2 Å². The van der Waals surface area contributed by atoms with Gasteiger partial charge in [0.2, 0.25) is 0 Å². The smallest absolute Gasteiger partial charge is 0.138 e. The van der Waals surface area contributed by atoms with E-state index in [1.165, 1.54) is 19.5 Å². The molecule has 3 atom stereocenters. The summed E-state index contributed by atoms with van der Waals surface area (Å²) in [5.41, 5.74) is 0. The summed E-state index contributed by atoms with van der Waals surface area (Å²) in [6.07, 6.45) is 1.36. The van der Waals surface area contributed by atoms with Crippen molar-refractivity contribution in [3.05, 3.63) is 27.7 Å². The molecule has 1 heterocycles. The average molecular weight is 348 g/mol. The van der Waals surface area contributed by atoms with E-state index in [9.17, 15) is 0 Å². The molecular weight excluding hydrogens is 326 g/mol. The van der Waals surface area contributed by atoms with Crippen molar-refractivity contribution in [1.82, 2.24) is 0 Å². The molecule has 4 heteroatoms. The molecule has 1 saturated heterocycles. The lowest BCUT2D eigenvalue weighted by Crippen LogP contribution is -3.14. The van der Waals surface area contributed by atoms with Gasteiger partial charge in [-0.15, -0.1) is 0 Å². The number of rotatable bonds is 4. The third kappa shape index (κ3) is 4.66. The number of likely N-dealkylation sites (tertiary alicyclic amines) is 1. The number of piperidine rings is 1. The highest BCUT2D eigenvalue weighted by atomic mass is 79.9. The first-order valence-electron chi connectivity index (χ1n) is 6.96. The van der Waals surface area contributed by atoms with Crippen LogP contribution in [0, 0.1) is 11.8 Å². The van der Waals surface area contributed by atoms with E-state index in [2.05, 4.69) is 29.8 Å². The Hall–Kier alpha value is -0.250. The first kappa shape index (κ1) is 15.1. The number of halogens is 2. The van der Waals surface area contributed by atoms with Crippen LogP contribution in [0.3, 0.4) is 0 Å². The van der Waals surface area contributed by atoms with E-state index in [4.69, 9.17) is 16.3 Å². The number of hydrogen-bond acceptors (Lipinski definition) is 1. The van der Waals surface area contributed by atoms with Crippen molar-refractivity contribution >= 4 is 27.5 Å². The zero-order valence-corrected chi connectivity index (χ0v) is 13.9. The second-order valence-electron chi connectivity index (χ2n) is 5.78. The molecule has 2 rings (SSSR count). The molecule has 19 heavy (non-hydrogen) atoms. The predicted molar refractivity (Wildman–Crippen MR) is 83.2 cm³/mol. The summed E-state index contributed by atoms with van der Waals surface area (Å²) in [5, 5.41) is 0.671. The molecule has 0 spiro atoms. The standard InChI is InChI=1S/C15H21BrClNO/c1-11-7-12(2)10-18(9-11)5-6-19-15-4-3-13(16)8-14(15)17/h3-4,8,11-12H,5-7,9-10H2,1-2H3/p+1/t11-,12+. The minimum atomic E-state index is 0.671. The maximum Gasteiger partial charge on any atom is 0.138 e. The molecule has 2 nitrogen and oxygen atoms in total. The normalized spacial score (nSPS) is 27.3. The maximum atomic E-state index is 6.14. The SMILES string of the molecule is C[C@@H]1C[C@H](C)C[NH+](CCOc2ccc(Br)cc2Cl)C1. The first-order chi connectivity index (χ1) is 9.04. The Bertz CT molecular complexity index is 417. The van der Waals surface area contributed by atoms with Crippen molar-refractivity contribution < 1.29 is 9.64 Å². The van der Waals surface area contributed by atoms with Gasteiger partial charge in [-0.3, -0.25) is 0 Å². The molecule has 1 fully saturated rings. The molecule has 0 saturated carbocycles. The zero-order valence-electron chi connectivity index (χ0n) is 11.6. The third-order valence-electron chi connectivity index (χ3n) is 3.69. The molecule has 1 aliphatic heterocycles. The molecule has 1 aromatic carbocycles. The minimum Gasteiger partial charge on any atom is -0.486 e. The Labute approximate surface area is 129 Å². The largest absolute Gasteiger partial charge is 0.486 e. The van der Waals surface area contributed by atoms with Gasteiger partial charge in [0.1, 0.15) is 18.9 Å². The van der Waals surface area contributed by atoms with Gasteiger partial charge in [-0.05, 0) is 24.6 Å². The summed E-state index contributed by atoms with van der Waals surface area (Å²) < 4.78 is 6.77. The van der Waals surface area contributed by atoms with E-state index in [1.807, 2.05) is 18.2 Å². The van der Waals surface area contributed by atoms with Crippen LogP contribution in [0.25, 0.3) is 0 Å². The summed E-state index contributed by atoms with van der Waals surface area (Å²) in [6.45, 7) is 9.02. The molecule has 0 aliphatic carbocycles. The number of benzene rings is 1. The van der Waals surface area contributed by atoms with Crippen LogP contribution in [0.15, 0.2) is 22.7 Å². The number of nitrogens with one attached hydrogen (secondary N) is 1. The maximum absolute atomic E-state index is 6.14. The Morgan fingerprint density at radius 3 is 2.63 bits per heavy atom. The molecule has 0 radical (unpaired) electrons. The van der Waals surface area contributed by atoms with Crippen LogP contribution >= 0.6 is 27.5 Å². The van der Waals surface area contributed by atoms with Crippen molar-refractivity contribution in [3.63, 3.8) is 0 Å². The quantitative estimate of drug-likeness (QED) is 0.884. The van der Waals surface area contributed by atoms with E-state index in [0.29, 0.717) is 5.02 Å². The van der Waals surface area contributed by atoms with Gasteiger partial charge in [0.05, 0.1) is 18.1 Å². The molecule has 1 aliphatic rings. The summed E-state index contributed by atoms with van der Waals surface area (Å²) in [7, 11) is 0. The van der Waals surface area contributed by atoms with E-state index in [-0.39, 0.29) is 0 Å². The van der Waals surface area contributed by atoms with Gasteiger partial charge < -0.3 is 9.64 Å². The summed E-state index contributed by atoms with van der Waals surface area (Å²) in [6, 6.07) is 5.75. The van der Waals surface area contributed by atoms with E-state index in [1.54, 1.807) is 4.90 Å². The van der Waals surface area contributed by atoms with Crippen LogP contribution in [0.5, 0.6) is 5.75 Å². The lowest BCUT2D eigenvalue weighted by Gasteiger charge is -2.31. The summed E-state index contributed by atoms with van der Waals surface area (Å²) >= 11 is 9.53. The van der Waals surface area contributed by atoms with Gasteiger partial charge in [-0.25, -0.2) is 0 Å². The third-order valence-corrected chi connectivity index (χ3v) is 4.47. The van der Waals surface area contributed by atoms with Crippen LogP contribution < -0.4 is 9.64 Å². The highest BCUT2D eigenvalue weighted by molar-refractivity contribution is 9.10. The highest BCUT2D eigenvalue weighted by Crippen LogP contribution is 2.27. The van der Waals surface area contributed by atoms with Crippen LogP contribution in [0.4, 0.5) is 0 Å². The van der Waals surface area contributed by atoms with Crippen LogP contribution in [-0.4, -0.2) is 26.2 Å². The highest BCUT2D eigenvalue weighted by Gasteiger charge is 2.24. The summed E-state index contributed by atoms with van der Waals surface area (Å²) in [4.78, 5) is 1.65. The topological polar surface area (TPSA) is 13.7 Å². The summed E-state index contributed by atoms with van der Waals surface area (Å²) in [5.74, 6) is 2.44. The molecule has 1 unspecified atom stereocenters. The second kappa shape index (κ2) is 6.96. The van der Waals surface area contributed by atoms with E-state index < -0.39 is 0 Å². The van der Waals surface area contributed by atoms with Crippen LogP contribution in [0.1, 0.15) is 20.3 Å². The minimum absolute atomic E-state index is 0.671. The molecule has 0 aromatic heterocycles. The van der Waals surface area contributed by atoms with Crippen molar-refractivity contribution in [2.45, 2.75) is 20.3 Å². The zero-order chi connectivity index (χ0) is 13.8. The molecule has 1 N–H and O–H groups in total. The van der Waals surface area contributed by atoms with Crippen LogP contribution in [-0.2, 0) is 0 Å². The first-order valence-corrected chi connectivity index (χ1v) is 8.13. The van der Waals surface area contributed by atoms with Gasteiger partial charge >= 0.3 is 0 Å². The Morgan fingerprint density at radius 1 is 1.32 bits per heavy atom. The Balaban J connectivity index is 1.80. The monoisotopic (exact) mass is 346 g/mol. The molecule has 0 amide bonds. The number of quaternary nitrogens is 1. The van der Waals surface area contributed by atoms with Gasteiger partial charge in [0.25, 0.3) is 0 Å². The van der Waals surface area contributed by atoms with Crippen molar-refractivity contribution in [2.75, 3.05) is 26.2 Å². The molecule has 0 bridgehead atoms. The van der Waals surface area contributed by atoms with Gasteiger partial charge in [0, 0.05) is 16.3 Å². The van der Waals surface area contributed by atoms with Crippen molar-refractivity contribution in [3.8, 4) is 5.75 Å². The lowest BCUT2D eigenvalue weighted by atomic mass is 9.92. The number of hydrogen-bond donors (Lipinski definition) is 1. The van der Waals surface area contributed by atoms with Gasteiger partial charge in [-0.2, -0.15) is 0 Å². The average Bonchev–Trinajstić information content (AvgIpc) is 2.30. The Morgan fingerprint density at radius 2 is 2.00 bits per heavy atom. The fourth-order valence-corrected chi connectivity index (χ4v) is 3.75. The molecule has 1 aromatic rings.